The van der Waals surface area contributed by atoms with Crippen molar-refractivity contribution in [1.82, 2.24) is 4.90 Å². The fraction of sp³-hybridized carbons (Fsp3) is 0.533. The Labute approximate surface area is 120 Å². The van der Waals surface area contributed by atoms with Crippen molar-refractivity contribution in [3.63, 3.8) is 0 Å². The van der Waals surface area contributed by atoms with E-state index in [9.17, 15) is 4.79 Å². The molecule has 1 aromatic carbocycles. The molecule has 0 unspecified atom stereocenters. The predicted octanol–water partition coefficient (Wildman–Crippen LogP) is 1.48. The van der Waals surface area contributed by atoms with Gasteiger partial charge in [-0.1, -0.05) is 13.0 Å². The van der Waals surface area contributed by atoms with Crippen molar-refractivity contribution < 1.29 is 19.4 Å². The number of methoxy groups -OCH3 is 2. The van der Waals surface area contributed by atoms with Crippen molar-refractivity contribution in [2.45, 2.75) is 19.8 Å². The summed E-state index contributed by atoms with van der Waals surface area (Å²) in [6.07, 6.45) is 1.16. The van der Waals surface area contributed by atoms with E-state index < -0.39 is 0 Å². The lowest BCUT2D eigenvalue weighted by molar-refractivity contribution is -0.131. The van der Waals surface area contributed by atoms with Gasteiger partial charge in [0.05, 0.1) is 27.2 Å². The molecule has 0 atom stereocenters. The second kappa shape index (κ2) is 8.43. The van der Waals surface area contributed by atoms with E-state index in [0.29, 0.717) is 31.0 Å². The molecule has 0 aliphatic carbocycles. The minimum Gasteiger partial charge on any atom is -0.493 e. The first-order valence-corrected chi connectivity index (χ1v) is 6.75. The van der Waals surface area contributed by atoms with Crippen LogP contribution in [0.2, 0.25) is 0 Å². The summed E-state index contributed by atoms with van der Waals surface area (Å²) < 4.78 is 10.4. The van der Waals surface area contributed by atoms with Crippen molar-refractivity contribution in [1.29, 1.82) is 0 Å². The quantitative estimate of drug-likeness (QED) is 0.784. The maximum absolute atomic E-state index is 12.2. The van der Waals surface area contributed by atoms with E-state index in [1.165, 1.54) is 0 Å². The lowest BCUT2D eigenvalue weighted by Gasteiger charge is -2.21. The number of carbonyl (C=O) groups is 1. The Morgan fingerprint density at radius 1 is 1.20 bits per heavy atom. The lowest BCUT2D eigenvalue weighted by Crippen LogP contribution is -2.35. The molecule has 1 rings (SSSR count). The normalized spacial score (nSPS) is 10.2. The van der Waals surface area contributed by atoms with Crippen molar-refractivity contribution in [2.24, 2.45) is 0 Å². The monoisotopic (exact) mass is 281 g/mol. The number of benzene rings is 1. The van der Waals surface area contributed by atoms with Crippen LogP contribution >= 0.6 is 0 Å². The van der Waals surface area contributed by atoms with Gasteiger partial charge >= 0.3 is 0 Å². The van der Waals surface area contributed by atoms with Gasteiger partial charge in [-0.3, -0.25) is 4.79 Å². The number of ether oxygens (including phenoxy) is 2. The van der Waals surface area contributed by atoms with Crippen molar-refractivity contribution >= 4 is 5.91 Å². The highest BCUT2D eigenvalue weighted by Crippen LogP contribution is 2.27. The van der Waals surface area contributed by atoms with Crippen LogP contribution in [-0.2, 0) is 11.2 Å². The van der Waals surface area contributed by atoms with Gasteiger partial charge in [0.2, 0.25) is 5.91 Å². The Balaban J connectivity index is 2.78. The summed E-state index contributed by atoms with van der Waals surface area (Å²) in [5.41, 5.74) is 0.867. The maximum Gasteiger partial charge on any atom is 0.227 e. The third kappa shape index (κ3) is 4.42. The van der Waals surface area contributed by atoms with Gasteiger partial charge in [-0.2, -0.15) is 0 Å². The summed E-state index contributed by atoms with van der Waals surface area (Å²) >= 11 is 0. The Bertz CT molecular complexity index is 428. The molecule has 20 heavy (non-hydrogen) atoms. The largest absolute Gasteiger partial charge is 0.493 e. The van der Waals surface area contributed by atoms with E-state index in [1.807, 2.05) is 13.0 Å². The molecule has 0 saturated heterocycles. The lowest BCUT2D eigenvalue weighted by atomic mass is 10.1. The second-order valence-electron chi connectivity index (χ2n) is 4.47. The molecule has 0 fully saturated rings. The van der Waals surface area contributed by atoms with E-state index in [2.05, 4.69) is 0 Å². The molecule has 1 N–H and O–H groups in total. The first-order valence-electron chi connectivity index (χ1n) is 6.75. The standard InChI is InChI=1S/C15H23NO4/c1-4-7-16(8-9-17)15(18)11-12-5-6-13(19-2)14(10-12)20-3/h5-6,10,17H,4,7-9,11H2,1-3H3. The van der Waals surface area contributed by atoms with Gasteiger partial charge in [0, 0.05) is 13.1 Å². The zero-order chi connectivity index (χ0) is 15.0. The van der Waals surface area contributed by atoms with Crippen LogP contribution in [0.25, 0.3) is 0 Å². The first-order chi connectivity index (χ1) is 9.65. The number of aliphatic hydroxyl groups excluding tert-OH is 1. The minimum absolute atomic E-state index is 0.00752. The van der Waals surface area contributed by atoms with Crippen LogP contribution in [0, 0.1) is 0 Å². The summed E-state index contributed by atoms with van der Waals surface area (Å²) in [5.74, 6) is 1.26. The molecular formula is C15H23NO4. The van der Waals surface area contributed by atoms with Gasteiger partial charge in [0.25, 0.3) is 0 Å². The van der Waals surface area contributed by atoms with E-state index in [1.54, 1.807) is 31.3 Å². The molecule has 0 aliphatic rings. The van der Waals surface area contributed by atoms with Gasteiger partial charge in [0.15, 0.2) is 11.5 Å². The summed E-state index contributed by atoms with van der Waals surface area (Å²) in [7, 11) is 3.14. The number of carbonyl (C=O) groups excluding carboxylic acids is 1. The Hall–Kier alpha value is -1.75. The maximum atomic E-state index is 12.2. The van der Waals surface area contributed by atoms with E-state index >= 15 is 0 Å². The Kier molecular flexibility index (Phi) is 6.87. The summed E-state index contributed by atoms with van der Waals surface area (Å²) in [5, 5.41) is 9.00. The summed E-state index contributed by atoms with van der Waals surface area (Å²) in [6.45, 7) is 3.03. The van der Waals surface area contributed by atoms with Gasteiger partial charge in [-0.15, -0.1) is 0 Å². The smallest absolute Gasteiger partial charge is 0.227 e. The topological polar surface area (TPSA) is 59.0 Å². The third-order valence-corrected chi connectivity index (χ3v) is 3.02. The molecule has 112 valence electrons. The first kappa shape index (κ1) is 16.3. The molecule has 0 bridgehead atoms. The molecule has 1 amide bonds. The molecule has 5 nitrogen and oxygen atoms in total. The Morgan fingerprint density at radius 2 is 1.90 bits per heavy atom. The van der Waals surface area contributed by atoms with Gasteiger partial charge in [-0.25, -0.2) is 0 Å². The molecule has 0 aliphatic heterocycles. The van der Waals surface area contributed by atoms with Crippen molar-refractivity contribution in [3.05, 3.63) is 23.8 Å². The number of amides is 1. The van der Waals surface area contributed by atoms with Crippen LogP contribution in [0.5, 0.6) is 11.5 Å². The van der Waals surface area contributed by atoms with Crippen LogP contribution in [-0.4, -0.2) is 49.8 Å². The molecule has 5 heteroatoms. The fourth-order valence-corrected chi connectivity index (χ4v) is 2.03. The average molecular weight is 281 g/mol. The third-order valence-electron chi connectivity index (χ3n) is 3.02. The Morgan fingerprint density at radius 3 is 2.45 bits per heavy atom. The second-order valence-corrected chi connectivity index (χ2v) is 4.47. The SMILES string of the molecule is CCCN(CCO)C(=O)Cc1ccc(OC)c(OC)c1. The van der Waals surface area contributed by atoms with Crippen LogP contribution in [0.1, 0.15) is 18.9 Å². The fourth-order valence-electron chi connectivity index (χ4n) is 2.03. The van der Waals surface area contributed by atoms with Crippen molar-refractivity contribution in [2.75, 3.05) is 33.9 Å². The molecule has 0 saturated carbocycles. The number of hydrogen-bond acceptors (Lipinski definition) is 4. The molecule has 0 spiro atoms. The zero-order valence-electron chi connectivity index (χ0n) is 12.4. The zero-order valence-corrected chi connectivity index (χ0v) is 12.4. The average Bonchev–Trinajstić information content (AvgIpc) is 2.46. The molecule has 0 radical (unpaired) electrons. The van der Waals surface area contributed by atoms with E-state index in [-0.39, 0.29) is 12.5 Å². The van der Waals surface area contributed by atoms with Crippen molar-refractivity contribution in [3.8, 4) is 11.5 Å². The minimum atomic E-state index is -0.0162. The van der Waals surface area contributed by atoms with Crippen LogP contribution in [0.4, 0.5) is 0 Å². The van der Waals surface area contributed by atoms with Gasteiger partial charge in [-0.05, 0) is 24.1 Å². The van der Waals surface area contributed by atoms with Crippen LogP contribution in [0.3, 0.4) is 0 Å². The van der Waals surface area contributed by atoms with Crippen LogP contribution < -0.4 is 9.47 Å². The summed E-state index contributed by atoms with van der Waals surface area (Å²) in [4.78, 5) is 13.9. The highest BCUT2D eigenvalue weighted by molar-refractivity contribution is 5.79. The summed E-state index contributed by atoms with van der Waals surface area (Å²) in [6, 6.07) is 5.44. The van der Waals surface area contributed by atoms with Crippen LogP contribution in [0.15, 0.2) is 18.2 Å². The number of hydrogen-bond donors (Lipinski definition) is 1. The molecular weight excluding hydrogens is 258 g/mol. The predicted molar refractivity (Wildman–Crippen MR) is 77.2 cm³/mol. The van der Waals surface area contributed by atoms with Gasteiger partial charge in [0.1, 0.15) is 0 Å². The highest BCUT2D eigenvalue weighted by Gasteiger charge is 2.14. The molecule has 0 heterocycles. The highest BCUT2D eigenvalue weighted by atomic mass is 16.5. The van der Waals surface area contributed by atoms with Gasteiger partial charge < -0.3 is 19.5 Å². The molecule has 1 aromatic rings. The molecule has 0 aromatic heterocycles. The number of aliphatic hydroxyl groups is 1. The van der Waals surface area contributed by atoms with E-state index in [0.717, 1.165) is 12.0 Å². The van der Waals surface area contributed by atoms with E-state index in [4.69, 9.17) is 14.6 Å². The number of rotatable bonds is 8. The number of nitrogens with zero attached hydrogens (tertiary/aromatic N) is 1.